The molecule has 2 heterocycles. The normalized spacial score (nSPS) is 19.8. The molecule has 2 aliphatic rings. The third-order valence-corrected chi connectivity index (χ3v) is 4.68. The molecule has 0 bridgehead atoms. The number of hydrogen-bond donors (Lipinski definition) is 0. The summed E-state index contributed by atoms with van der Waals surface area (Å²) in [7, 11) is 0. The summed E-state index contributed by atoms with van der Waals surface area (Å²) in [6.07, 6.45) is 3.22. The van der Waals surface area contributed by atoms with Gasteiger partial charge in [-0.3, -0.25) is 4.79 Å². The van der Waals surface area contributed by atoms with Crippen LogP contribution in [0.15, 0.2) is 18.2 Å². The first-order valence-corrected chi connectivity index (χ1v) is 9.00. The fourth-order valence-electron chi connectivity index (χ4n) is 3.22. The first-order chi connectivity index (χ1) is 11.8. The SMILES string of the molecule is CCN(CC1CCOC1)C(=O)CCc1ccc2c(c1)OCCCO2. The van der Waals surface area contributed by atoms with Gasteiger partial charge in [-0.1, -0.05) is 6.07 Å². The van der Waals surface area contributed by atoms with Crippen LogP contribution in [0.1, 0.15) is 31.7 Å². The van der Waals surface area contributed by atoms with Crippen molar-refractivity contribution in [3.63, 3.8) is 0 Å². The molecule has 24 heavy (non-hydrogen) atoms. The molecule has 1 aromatic carbocycles. The van der Waals surface area contributed by atoms with E-state index in [1.807, 2.05) is 30.0 Å². The fraction of sp³-hybridized carbons (Fsp3) is 0.632. The topological polar surface area (TPSA) is 48.0 Å². The molecule has 132 valence electrons. The lowest BCUT2D eigenvalue weighted by atomic mass is 10.1. The number of carbonyl (C=O) groups excluding carboxylic acids is 1. The lowest BCUT2D eigenvalue weighted by molar-refractivity contribution is -0.131. The lowest BCUT2D eigenvalue weighted by Gasteiger charge is -2.23. The molecule has 1 unspecified atom stereocenters. The number of rotatable bonds is 6. The molecular formula is C19H27NO4. The van der Waals surface area contributed by atoms with Gasteiger partial charge in [0, 0.05) is 38.5 Å². The van der Waals surface area contributed by atoms with Gasteiger partial charge < -0.3 is 19.1 Å². The number of ether oxygens (including phenoxy) is 3. The van der Waals surface area contributed by atoms with Gasteiger partial charge in [0.05, 0.1) is 19.8 Å². The Hall–Kier alpha value is -1.75. The van der Waals surface area contributed by atoms with E-state index in [1.165, 1.54) is 0 Å². The third kappa shape index (κ3) is 4.41. The maximum atomic E-state index is 12.5. The molecule has 0 aliphatic carbocycles. The summed E-state index contributed by atoms with van der Waals surface area (Å²) in [6.45, 7) is 6.61. The number of amides is 1. The van der Waals surface area contributed by atoms with Crippen LogP contribution in [0.25, 0.3) is 0 Å². The second-order valence-corrected chi connectivity index (χ2v) is 6.49. The molecule has 1 saturated heterocycles. The second-order valence-electron chi connectivity index (χ2n) is 6.49. The Morgan fingerprint density at radius 3 is 2.79 bits per heavy atom. The highest BCUT2D eigenvalue weighted by atomic mass is 16.5. The van der Waals surface area contributed by atoms with Gasteiger partial charge in [0.2, 0.25) is 5.91 Å². The van der Waals surface area contributed by atoms with Gasteiger partial charge in [0.1, 0.15) is 0 Å². The van der Waals surface area contributed by atoms with Crippen LogP contribution in [-0.2, 0) is 16.0 Å². The van der Waals surface area contributed by atoms with Crippen molar-refractivity contribution in [2.24, 2.45) is 5.92 Å². The van der Waals surface area contributed by atoms with Gasteiger partial charge in [-0.15, -0.1) is 0 Å². The van der Waals surface area contributed by atoms with Crippen LogP contribution in [0, 0.1) is 5.92 Å². The molecular weight excluding hydrogens is 306 g/mol. The van der Waals surface area contributed by atoms with Crippen LogP contribution in [-0.4, -0.2) is 50.3 Å². The van der Waals surface area contributed by atoms with E-state index in [4.69, 9.17) is 14.2 Å². The van der Waals surface area contributed by atoms with Gasteiger partial charge in [-0.2, -0.15) is 0 Å². The highest BCUT2D eigenvalue weighted by molar-refractivity contribution is 5.76. The summed E-state index contributed by atoms with van der Waals surface area (Å²) in [5, 5.41) is 0. The molecule has 1 amide bonds. The summed E-state index contributed by atoms with van der Waals surface area (Å²) < 4.78 is 16.8. The number of aryl methyl sites for hydroxylation is 1. The maximum absolute atomic E-state index is 12.5. The van der Waals surface area contributed by atoms with E-state index in [2.05, 4.69) is 0 Å². The average molecular weight is 333 g/mol. The van der Waals surface area contributed by atoms with Crippen LogP contribution in [0.3, 0.4) is 0 Å². The lowest BCUT2D eigenvalue weighted by Crippen LogP contribution is -2.35. The van der Waals surface area contributed by atoms with Crippen molar-refractivity contribution >= 4 is 5.91 Å². The number of benzene rings is 1. The Morgan fingerprint density at radius 2 is 2.04 bits per heavy atom. The maximum Gasteiger partial charge on any atom is 0.222 e. The molecule has 5 nitrogen and oxygen atoms in total. The summed E-state index contributed by atoms with van der Waals surface area (Å²) in [6, 6.07) is 5.99. The zero-order valence-electron chi connectivity index (χ0n) is 14.5. The largest absolute Gasteiger partial charge is 0.490 e. The number of nitrogens with zero attached hydrogens (tertiary/aromatic N) is 1. The van der Waals surface area contributed by atoms with E-state index in [1.54, 1.807) is 0 Å². The first-order valence-electron chi connectivity index (χ1n) is 9.00. The van der Waals surface area contributed by atoms with Gasteiger partial charge in [-0.25, -0.2) is 0 Å². The summed E-state index contributed by atoms with van der Waals surface area (Å²) in [5.74, 6) is 2.32. The van der Waals surface area contributed by atoms with Crippen molar-refractivity contribution in [1.29, 1.82) is 0 Å². The Morgan fingerprint density at radius 1 is 1.21 bits per heavy atom. The molecule has 0 radical (unpaired) electrons. The number of carbonyl (C=O) groups is 1. The van der Waals surface area contributed by atoms with Crippen molar-refractivity contribution in [3.05, 3.63) is 23.8 Å². The molecule has 3 rings (SSSR count). The van der Waals surface area contributed by atoms with Crippen molar-refractivity contribution in [1.82, 2.24) is 4.90 Å². The minimum Gasteiger partial charge on any atom is -0.490 e. The highest BCUT2D eigenvalue weighted by Crippen LogP contribution is 2.30. The summed E-state index contributed by atoms with van der Waals surface area (Å²) in [5.41, 5.74) is 1.12. The van der Waals surface area contributed by atoms with Crippen molar-refractivity contribution in [3.8, 4) is 11.5 Å². The molecule has 2 aliphatic heterocycles. The number of hydrogen-bond acceptors (Lipinski definition) is 4. The minimum atomic E-state index is 0.219. The molecule has 1 aromatic rings. The quantitative estimate of drug-likeness (QED) is 0.803. The van der Waals surface area contributed by atoms with E-state index in [0.717, 1.165) is 62.6 Å². The van der Waals surface area contributed by atoms with Crippen LogP contribution in [0.5, 0.6) is 11.5 Å². The molecule has 1 atom stereocenters. The van der Waals surface area contributed by atoms with Crippen molar-refractivity contribution in [2.45, 2.75) is 32.6 Å². The van der Waals surface area contributed by atoms with Crippen LogP contribution in [0.2, 0.25) is 0 Å². The second kappa shape index (κ2) is 8.38. The Balaban J connectivity index is 1.54. The smallest absolute Gasteiger partial charge is 0.222 e. The fourth-order valence-corrected chi connectivity index (χ4v) is 3.22. The molecule has 1 fully saturated rings. The Bertz CT molecular complexity index is 554. The van der Waals surface area contributed by atoms with E-state index >= 15 is 0 Å². The average Bonchev–Trinajstić information content (AvgIpc) is 3.00. The molecule has 0 aromatic heterocycles. The van der Waals surface area contributed by atoms with Crippen molar-refractivity contribution < 1.29 is 19.0 Å². The molecule has 0 N–H and O–H groups in total. The molecule has 0 saturated carbocycles. The van der Waals surface area contributed by atoms with Crippen LogP contribution >= 0.6 is 0 Å². The summed E-state index contributed by atoms with van der Waals surface area (Å²) >= 11 is 0. The van der Waals surface area contributed by atoms with E-state index in [9.17, 15) is 4.79 Å². The van der Waals surface area contributed by atoms with Gasteiger partial charge in [-0.05, 0) is 37.5 Å². The zero-order chi connectivity index (χ0) is 16.8. The number of fused-ring (bicyclic) bond motifs is 1. The van der Waals surface area contributed by atoms with E-state index in [-0.39, 0.29) is 5.91 Å². The van der Waals surface area contributed by atoms with Gasteiger partial charge in [0.25, 0.3) is 0 Å². The predicted molar refractivity (Wildman–Crippen MR) is 91.6 cm³/mol. The Labute approximate surface area is 143 Å². The monoisotopic (exact) mass is 333 g/mol. The minimum absolute atomic E-state index is 0.219. The van der Waals surface area contributed by atoms with Gasteiger partial charge >= 0.3 is 0 Å². The highest BCUT2D eigenvalue weighted by Gasteiger charge is 2.21. The zero-order valence-corrected chi connectivity index (χ0v) is 14.5. The molecule has 0 spiro atoms. The first kappa shape index (κ1) is 17.1. The predicted octanol–water partition coefficient (Wildman–Crippen LogP) is 2.67. The van der Waals surface area contributed by atoms with E-state index in [0.29, 0.717) is 25.6 Å². The van der Waals surface area contributed by atoms with Crippen LogP contribution < -0.4 is 9.47 Å². The standard InChI is InChI=1S/C19H27NO4/c1-2-20(13-16-8-11-22-14-16)19(21)7-5-15-4-6-17-18(12-15)24-10-3-9-23-17/h4,6,12,16H,2-3,5,7-11,13-14H2,1H3. The summed E-state index contributed by atoms with van der Waals surface area (Å²) in [4.78, 5) is 14.5. The van der Waals surface area contributed by atoms with Gasteiger partial charge in [0.15, 0.2) is 11.5 Å². The van der Waals surface area contributed by atoms with Crippen LogP contribution in [0.4, 0.5) is 0 Å². The molecule has 5 heteroatoms. The van der Waals surface area contributed by atoms with E-state index < -0.39 is 0 Å². The van der Waals surface area contributed by atoms with Crippen molar-refractivity contribution in [2.75, 3.05) is 39.5 Å². The third-order valence-electron chi connectivity index (χ3n) is 4.68. The Kier molecular flexibility index (Phi) is 5.96.